The van der Waals surface area contributed by atoms with Gasteiger partial charge in [-0.15, -0.1) is 0 Å². The molecular weight excluding hydrogens is 378 g/mol. The summed E-state index contributed by atoms with van der Waals surface area (Å²) in [6.45, 7) is -0.320. The molecule has 0 fully saturated rings. The Balaban J connectivity index is 1.78. The molecule has 3 N–H and O–H groups in total. The number of aliphatic hydroxyl groups excluding tert-OH is 1. The molecule has 9 heteroatoms. The van der Waals surface area contributed by atoms with Crippen molar-refractivity contribution in [3.63, 3.8) is 0 Å². The molecule has 0 aliphatic rings. The van der Waals surface area contributed by atoms with Crippen LogP contribution in [0.3, 0.4) is 0 Å². The number of sulfonamides is 1. The predicted octanol–water partition coefficient (Wildman–Crippen LogP) is 2.03. The van der Waals surface area contributed by atoms with E-state index in [0.29, 0.717) is 22.9 Å². The quantitative estimate of drug-likeness (QED) is 0.558. The number of hydrogen-bond donors (Lipinski definition) is 3. The summed E-state index contributed by atoms with van der Waals surface area (Å²) in [6.07, 6.45) is 1.60. The van der Waals surface area contributed by atoms with Gasteiger partial charge in [0.2, 0.25) is 16.0 Å². The van der Waals surface area contributed by atoms with Crippen LogP contribution in [0.1, 0.15) is 5.56 Å². The van der Waals surface area contributed by atoms with Crippen molar-refractivity contribution < 1.29 is 13.5 Å². The van der Waals surface area contributed by atoms with Crippen molar-refractivity contribution in [1.29, 1.82) is 5.26 Å². The smallest absolute Gasteiger partial charge is 0.240 e. The van der Waals surface area contributed by atoms with Crippen LogP contribution in [0.15, 0.2) is 65.7 Å². The standard InChI is InChI=1S/C19H17N5O3S/c20-13-14-2-1-3-15(12-14)18-8-9-21-19(24-18)23-16-4-6-17(7-5-16)28(26,27)22-10-11-25/h1-9,12,22,25H,10-11H2,(H,21,23,24). The molecule has 0 atom stereocenters. The van der Waals surface area contributed by atoms with E-state index < -0.39 is 10.0 Å². The number of nitriles is 1. The zero-order valence-electron chi connectivity index (χ0n) is 14.7. The van der Waals surface area contributed by atoms with Crippen molar-refractivity contribution in [2.24, 2.45) is 0 Å². The maximum Gasteiger partial charge on any atom is 0.240 e. The summed E-state index contributed by atoms with van der Waals surface area (Å²) in [5, 5.41) is 20.8. The zero-order chi connectivity index (χ0) is 20.0. The number of hydrogen-bond acceptors (Lipinski definition) is 7. The van der Waals surface area contributed by atoms with Crippen molar-refractivity contribution in [3.8, 4) is 17.3 Å². The Morgan fingerprint density at radius 2 is 1.89 bits per heavy atom. The van der Waals surface area contributed by atoms with Crippen molar-refractivity contribution in [2.45, 2.75) is 4.90 Å². The Morgan fingerprint density at radius 3 is 2.61 bits per heavy atom. The molecule has 28 heavy (non-hydrogen) atoms. The minimum Gasteiger partial charge on any atom is -0.395 e. The lowest BCUT2D eigenvalue weighted by molar-refractivity contribution is 0.301. The topological polar surface area (TPSA) is 128 Å². The van der Waals surface area contributed by atoms with Crippen LogP contribution in [0.25, 0.3) is 11.3 Å². The summed E-state index contributed by atoms with van der Waals surface area (Å²) >= 11 is 0. The van der Waals surface area contributed by atoms with E-state index in [0.717, 1.165) is 5.56 Å². The lowest BCUT2D eigenvalue weighted by Gasteiger charge is -2.09. The van der Waals surface area contributed by atoms with Crippen LogP contribution in [0.4, 0.5) is 11.6 Å². The molecule has 0 radical (unpaired) electrons. The molecule has 3 rings (SSSR count). The Hall–Kier alpha value is -3.32. The highest BCUT2D eigenvalue weighted by atomic mass is 32.2. The Bertz CT molecular complexity index is 1110. The molecule has 0 saturated heterocycles. The molecule has 2 aromatic carbocycles. The van der Waals surface area contributed by atoms with E-state index in [1.165, 1.54) is 12.1 Å². The molecular formula is C19H17N5O3S. The molecule has 3 aromatic rings. The van der Waals surface area contributed by atoms with Crippen LogP contribution in [-0.4, -0.2) is 36.6 Å². The molecule has 1 aromatic heterocycles. The molecule has 0 aliphatic heterocycles. The Kier molecular flexibility index (Phi) is 5.96. The van der Waals surface area contributed by atoms with Gasteiger partial charge in [-0.25, -0.2) is 23.1 Å². The zero-order valence-corrected chi connectivity index (χ0v) is 15.5. The summed E-state index contributed by atoms with van der Waals surface area (Å²) in [5.74, 6) is 0.342. The highest BCUT2D eigenvalue weighted by Crippen LogP contribution is 2.21. The molecule has 8 nitrogen and oxygen atoms in total. The Morgan fingerprint density at radius 1 is 1.11 bits per heavy atom. The number of nitrogens with zero attached hydrogens (tertiary/aromatic N) is 3. The first kappa shape index (κ1) is 19.4. The number of benzene rings is 2. The number of aliphatic hydroxyl groups is 1. The highest BCUT2D eigenvalue weighted by Gasteiger charge is 2.13. The van der Waals surface area contributed by atoms with Crippen LogP contribution in [-0.2, 0) is 10.0 Å². The molecule has 1 heterocycles. The van der Waals surface area contributed by atoms with E-state index in [1.807, 2.05) is 6.07 Å². The average molecular weight is 395 g/mol. The van der Waals surface area contributed by atoms with Crippen LogP contribution in [0, 0.1) is 11.3 Å². The summed E-state index contributed by atoms with van der Waals surface area (Å²) in [6, 6.07) is 17.0. The van der Waals surface area contributed by atoms with Gasteiger partial charge in [-0.3, -0.25) is 0 Å². The van der Waals surface area contributed by atoms with Crippen LogP contribution < -0.4 is 10.0 Å². The Labute approximate surface area is 162 Å². The first-order chi connectivity index (χ1) is 13.5. The summed E-state index contributed by atoms with van der Waals surface area (Å²) in [4.78, 5) is 8.70. The minimum atomic E-state index is -3.66. The SMILES string of the molecule is N#Cc1cccc(-c2ccnc(Nc3ccc(S(=O)(=O)NCCO)cc3)n2)c1. The van der Waals surface area contributed by atoms with Gasteiger partial charge in [-0.05, 0) is 42.5 Å². The van der Waals surface area contributed by atoms with Crippen molar-refractivity contribution in [2.75, 3.05) is 18.5 Å². The van der Waals surface area contributed by atoms with E-state index in [9.17, 15) is 8.42 Å². The summed E-state index contributed by atoms with van der Waals surface area (Å²) in [5.41, 5.74) is 2.60. The van der Waals surface area contributed by atoms with Gasteiger partial charge in [-0.2, -0.15) is 5.26 Å². The monoisotopic (exact) mass is 395 g/mol. The van der Waals surface area contributed by atoms with E-state index in [1.54, 1.807) is 42.6 Å². The second-order valence-electron chi connectivity index (χ2n) is 5.73. The largest absolute Gasteiger partial charge is 0.395 e. The van der Waals surface area contributed by atoms with E-state index in [-0.39, 0.29) is 18.0 Å². The first-order valence-electron chi connectivity index (χ1n) is 8.33. The summed E-state index contributed by atoms with van der Waals surface area (Å²) in [7, 11) is -3.66. The number of nitrogens with one attached hydrogen (secondary N) is 2. The fourth-order valence-electron chi connectivity index (χ4n) is 2.44. The van der Waals surface area contributed by atoms with Crippen molar-refractivity contribution in [3.05, 3.63) is 66.4 Å². The highest BCUT2D eigenvalue weighted by molar-refractivity contribution is 7.89. The van der Waals surface area contributed by atoms with Gasteiger partial charge < -0.3 is 10.4 Å². The van der Waals surface area contributed by atoms with Gasteiger partial charge >= 0.3 is 0 Å². The second kappa shape index (κ2) is 8.58. The van der Waals surface area contributed by atoms with E-state index in [2.05, 4.69) is 26.1 Å². The molecule has 0 spiro atoms. The number of rotatable bonds is 7. The van der Waals surface area contributed by atoms with E-state index >= 15 is 0 Å². The summed E-state index contributed by atoms with van der Waals surface area (Å²) < 4.78 is 26.3. The first-order valence-corrected chi connectivity index (χ1v) is 9.81. The van der Waals surface area contributed by atoms with Crippen LogP contribution >= 0.6 is 0 Å². The lowest BCUT2D eigenvalue weighted by atomic mass is 10.1. The third kappa shape index (κ3) is 4.69. The van der Waals surface area contributed by atoms with Gasteiger partial charge in [0.15, 0.2) is 0 Å². The number of aromatic nitrogens is 2. The van der Waals surface area contributed by atoms with Crippen LogP contribution in [0.2, 0.25) is 0 Å². The molecule has 0 amide bonds. The predicted molar refractivity (Wildman–Crippen MR) is 104 cm³/mol. The normalized spacial score (nSPS) is 11.0. The fraction of sp³-hybridized carbons (Fsp3) is 0.105. The minimum absolute atomic E-state index is 0.0457. The van der Waals surface area contributed by atoms with Gasteiger partial charge in [0.25, 0.3) is 0 Å². The van der Waals surface area contributed by atoms with Gasteiger partial charge in [0, 0.05) is 24.0 Å². The molecule has 142 valence electrons. The maximum absolute atomic E-state index is 12.0. The average Bonchev–Trinajstić information content (AvgIpc) is 2.73. The fourth-order valence-corrected chi connectivity index (χ4v) is 3.46. The van der Waals surface area contributed by atoms with Gasteiger partial charge in [-0.1, -0.05) is 12.1 Å². The third-order valence-corrected chi connectivity index (χ3v) is 5.24. The van der Waals surface area contributed by atoms with Crippen LogP contribution in [0.5, 0.6) is 0 Å². The molecule has 0 aliphatic carbocycles. The molecule has 0 unspecified atom stereocenters. The number of anilines is 2. The molecule has 0 bridgehead atoms. The molecule has 0 saturated carbocycles. The lowest BCUT2D eigenvalue weighted by Crippen LogP contribution is -2.26. The third-order valence-electron chi connectivity index (χ3n) is 3.77. The van der Waals surface area contributed by atoms with Gasteiger partial charge in [0.05, 0.1) is 28.8 Å². The van der Waals surface area contributed by atoms with Crippen molar-refractivity contribution >= 4 is 21.7 Å². The van der Waals surface area contributed by atoms with Gasteiger partial charge in [0.1, 0.15) is 0 Å². The second-order valence-corrected chi connectivity index (χ2v) is 7.50. The van der Waals surface area contributed by atoms with Crippen molar-refractivity contribution in [1.82, 2.24) is 14.7 Å². The van der Waals surface area contributed by atoms with E-state index in [4.69, 9.17) is 10.4 Å². The maximum atomic E-state index is 12.0.